The molecule has 0 aliphatic heterocycles. The van der Waals surface area contributed by atoms with Crippen molar-refractivity contribution in [3.8, 4) is 0 Å². The van der Waals surface area contributed by atoms with Crippen LogP contribution in [0, 0.1) is 5.92 Å². The SMILES string of the molecule is Clc1ncnc(NCCC2CCC2)c1Br. The number of nitrogens with zero attached hydrogens (tertiary/aromatic N) is 2. The number of hydrogen-bond donors (Lipinski definition) is 1. The Hall–Kier alpha value is -0.350. The molecule has 0 atom stereocenters. The van der Waals surface area contributed by atoms with Crippen LogP contribution in [-0.2, 0) is 0 Å². The van der Waals surface area contributed by atoms with Crippen molar-refractivity contribution in [2.75, 3.05) is 11.9 Å². The van der Waals surface area contributed by atoms with Crippen molar-refractivity contribution in [3.05, 3.63) is 16.0 Å². The van der Waals surface area contributed by atoms with Gasteiger partial charge in [-0.2, -0.15) is 0 Å². The van der Waals surface area contributed by atoms with E-state index in [9.17, 15) is 0 Å². The Morgan fingerprint density at radius 1 is 1.47 bits per heavy atom. The first-order valence-corrected chi connectivity index (χ1v) is 6.34. The minimum atomic E-state index is 0.455. The zero-order valence-corrected chi connectivity index (χ0v) is 10.7. The summed E-state index contributed by atoms with van der Waals surface area (Å²) in [5, 5.41) is 3.73. The molecule has 0 radical (unpaired) electrons. The van der Waals surface area contributed by atoms with Gasteiger partial charge in [-0.3, -0.25) is 0 Å². The summed E-state index contributed by atoms with van der Waals surface area (Å²) in [5.41, 5.74) is 0. The van der Waals surface area contributed by atoms with E-state index in [2.05, 4.69) is 31.2 Å². The van der Waals surface area contributed by atoms with Crippen molar-refractivity contribution >= 4 is 33.3 Å². The topological polar surface area (TPSA) is 37.8 Å². The molecule has 0 bridgehead atoms. The molecule has 0 spiro atoms. The van der Waals surface area contributed by atoms with Crippen molar-refractivity contribution in [1.82, 2.24) is 9.97 Å². The van der Waals surface area contributed by atoms with Crippen LogP contribution in [0.2, 0.25) is 5.15 Å². The molecule has 1 aromatic rings. The fraction of sp³-hybridized carbons (Fsp3) is 0.600. The van der Waals surface area contributed by atoms with Gasteiger partial charge in [-0.25, -0.2) is 9.97 Å². The predicted octanol–water partition coefficient (Wildman–Crippen LogP) is 3.49. The second-order valence-electron chi connectivity index (χ2n) is 3.84. The maximum atomic E-state index is 5.86. The molecule has 1 aliphatic rings. The third-order valence-corrected chi connectivity index (χ3v) is 4.08. The molecule has 1 N–H and O–H groups in total. The molecule has 1 saturated carbocycles. The molecular weight excluding hydrogens is 277 g/mol. The smallest absolute Gasteiger partial charge is 0.148 e. The molecule has 2 rings (SSSR count). The minimum Gasteiger partial charge on any atom is -0.369 e. The lowest BCUT2D eigenvalue weighted by molar-refractivity contribution is 0.303. The molecule has 15 heavy (non-hydrogen) atoms. The molecule has 3 nitrogen and oxygen atoms in total. The molecule has 1 aromatic heterocycles. The Morgan fingerprint density at radius 3 is 2.93 bits per heavy atom. The van der Waals surface area contributed by atoms with Crippen LogP contribution in [0.5, 0.6) is 0 Å². The number of aromatic nitrogens is 2. The molecular formula is C10H13BrClN3. The first-order chi connectivity index (χ1) is 7.27. The quantitative estimate of drug-likeness (QED) is 0.863. The zero-order chi connectivity index (χ0) is 10.7. The normalized spacial score (nSPS) is 16.1. The summed E-state index contributed by atoms with van der Waals surface area (Å²) in [6.45, 7) is 0.955. The van der Waals surface area contributed by atoms with Gasteiger partial charge in [-0.15, -0.1) is 0 Å². The number of nitrogens with one attached hydrogen (secondary N) is 1. The Labute approximate surface area is 103 Å². The number of anilines is 1. The van der Waals surface area contributed by atoms with E-state index >= 15 is 0 Å². The van der Waals surface area contributed by atoms with Gasteiger partial charge in [0.2, 0.25) is 0 Å². The summed E-state index contributed by atoms with van der Waals surface area (Å²) in [7, 11) is 0. The monoisotopic (exact) mass is 289 g/mol. The lowest BCUT2D eigenvalue weighted by Crippen LogP contribution is -2.16. The fourth-order valence-corrected chi connectivity index (χ4v) is 2.13. The van der Waals surface area contributed by atoms with Crippen LogP contribution >= 0.6 is 27.5 Å². The fourth-order valence-electron chi connectivity index (χ4n) is 1.65. The Kier molecular flexibility index (Phi) is 3.81. The van der Waals surface area contributed by atoms with E-state index in [-0.39, 0.29) is 0 Å². The van der Waals surface area contributed by atoms with Crippen LogP contribution in [-0.4, -0.2) is 16.5 Å². The second-order valence-corrected chi connectivity index (χ2v) is 4.99. The summed E-state index contributed by atoms with van der Waals surface area (Å²) in [6, 6.07) is 0. The van der Waals surface area contributed by atoms with Crippen LogP contribution in [0.15, 0.2) is 10.8 Å². The molecule has 82 valence electrons. The Balaban J connectivity index is 1.84. The van der Waals surface area contributed by atoms with Crippen molar-refractivity contribution in [2.45, 2.75) is 25.7 Å². The van der Waals surface area contributed by atoms with E-state index in [4.69, 9.17) is 11.6 Å². The van der Waals surface area contributed by atoms with Gasteiger partial charge >= 0.3 is 0 Å². The molecule has 0 amide bonds. The van der Waals surface area contributed by atoms with E-state index in [0.717, 1.165) is 22.8 Å². The number of hydrogen-bond acceptors (Lipinski definition) is 3. The Morgan fingerprint density at radius 2 is 2.27 bits per heavy atom. The maximum Gasteiger partial charge on any atom is 0.148 e. The average Bonchev–Trinajstić information content (AvgIpc) is 2.16. The van der Waals surface area contributed by atoms with E-state index in [1.54, 1.807) is 0 Å². The molecule has 1 aliphatic carbocycles. The van der Waals surface area contributed by atoms with Crippen molar-refractivity contribution in [3.63, 3.8) is 0 Å². The standard InChI is InChI=1S/C10H13BrClN3/c11-8-9(12)14-6-15-10(8)13-5-4-7-2-1-3-7/h6-7H,1-5H2,(H,13,14,15). The lowest BCUT2D eigenvalue weighted by atomic mass is 9.83. The Bertz CT molecular complexity index is 341. The largest absolute Gasteiger partial charge is 0.369 e. The van der Waals surface area contributed by atoms with Crippen LogP contribution in [0.25, 0.3) is 0 Å². The van der Waals surface area contributed by atoms with Gasteiger partial charge in [0, 0.05) is 6.54 Å². The second kappa shape index (κ2) is 5.12. The summed E-state index contributed by atoms with van der Waals surface area (Å²) in [5.74, 6) is 1.70. The van der Waals surface area contributed by atoms with Crippen molar-refractivity contribution in [1.29, 1.82) is 0 Å². The zero-order valence-electron chi connectivity index (χ0n) is 8.34. The van der Waals surface area contributed by atoms with Gasteiger partial charge in [-0.1, -0.05) is 30.9 Å². The molecule has 1 fully saturated rings. The van der Waals surface area contributed by atoms with Gasteiger partial charge in [0.15, 0.2) is 0 Å². The first-order valence-electron chi connectivity index (χ1n) is 5.17. The van der Waals surface area contributed by atoms with E-state index in [1.165, 1.54) is 32.0 Å². The van der Waals surface area contributed by atoms with E-state index in [0.29, 0.717) is 5.15 Å². The van der Waals surface area contributed by atoms with Crippen molar-refractivity contribution < 1.29 is 0 Å². The van der Waals surface area contributed by atoms with Crippen LogP contribution in [0.4, 0.5) is 5.82 Å². The van der Waals surface area contributed by atoms with Crippen molar-refractivity contribution in [2.24, 2.45) is 5.92 Å². The summed E-state index contributed by atoms with van der Waals surface area (Å²) < 4.78 is 0.750. The van der Waals surface area contributed by atoms with E-state index in [1.807, 2.05) is 0 Å². The van der Waals surface area contributed by atoms with Gasteiger partial charge < -0.3 is 5.32 Å². The predicted molar refractivity (Wildman–Crippen MR) is 65.2 cm³/mol. The molecule has 0 unspecified atom stereocenters. The van der Waals surface area contributed by atoms with Gasteiger partial charge in [0.25, 0.3) is 0 Å². The number of halogens is 2. The summed E-state index contributed by atoms with van der Waals surface area (Å²) in [4.78, 5) is 8.00. The maximum absolute atomic E-state index is 5.86. The van der Waals surface area contributed by atoms with Gasteiger partial charge in [0.05, 0.1) is 4.47 Å². The molecule has 5 heteroatoms. The highest BCUT2D eigenvalue weighted by Crippen LogP contribution is 2.30. The van der Waals surface area contributed by atoms with Crippen LogP contribution < -0.4 is 5.32 Å². The molecule has 0 saturated heterocycles. The van der Waals surface area contributed by atoms with E-state index < -0.39 is 0 Å². The molecule has 1 heterocycles. The number of rotatable bonds is 4. The summed E-state index contributed by atoms with van der Waals surface area (Å²) in [6.07, 6.45) is 6.85. The summed E-state index contributed by atoms with van der Waals surface area (Å²) >= 11 is 9.21. The van der Waals surface area contributed by atoms with Gasteiger partial charge in [-0.05, 0) is 28.3 Å². The average molecular weight is 291 g/mol. The highest BCUT2D eigenvalue weighted by molar-refractivity contribution is 9.10. The highest BCUT2D eigenvalue weighted by Gasteiger charge is 2.16. The highest BCUT2D eigenvalue weighted by atomic mass is 79.9. The first kappa shape index (κ1) is 11.1. The van der Waals surface area contributed by atoms with Crippen LogP contribution in [0.3, 0.4) is 0 Å². The van der Waals surface area contributed by atoms with Crippen LogP contribution in [0.1, 0.15) is 25.7 Å². The van der Waals surface area contributed by atoms with Gasteiger partial charge in [0.1, 0.15) is 17.3 Å². The minimum absolute atomic E-state index is 0.455. The third kappa shape index (κ3) is 2.82. The lowest BCUT2D eigenvalue weighted by Gasteiger charge is -2.25. The third-order valence-electron chi connectivity index (χ3n) is 2.82. The molecule has 0 aromatic carbocycles.